The molecule has 1 aliphatic rings. The first kappa shape index (κ1) is 26.6. The molecule has 29 heavy (non-hydrogen) atoms. The van der Waals surface area contributed by atoms with E-state index in [1.54, 1.807) is 0 Å². The molecule has 0 unspecified atom stereocenters. The lowest BCUT2D eigenvalue weighted by Crippen LogP contribution is -2.41. The number of hydrogen-bond donors (Lipinski definition) is 3. The molecule has 0 aromatic carbocycles. The molecule has 0 aromatic rings. The second-order valence-electron chi connectivity index (χ2n) is 8.39. The van der Waals surface area contributed by atoms with Crippen molar-refractivity contribution in [1.29, 1.82) is 0 Å². The molecule has 0 aromatic heterocycles. The topological polar surface area (TPSA) is 79.2 Å². The van der Waals surface area contributed by atoms with E-state index in [-0.39, 0.29) is 6.61 Å². The summed E-state index contributed by atoms with van der Waals surface area (Å²) < 4.78 is 11.0. The van der Waals surface area contributed by atoms with Gasteiger partial charge in [0.25, 0.3) is 0 Å². The molecule has 0 radical (unpaired) electrons. The number of hydrogen-bond acceptors (Lipinski definition) is 5. The molecular formula is C24H46O5. The monoisotopic (exact) mass is 414 g/mol. The standard InChI is InChI=1S/C24H46O5/c1-2-3-4-5-6-7-8-9-10-11-12-13-14-15-16-17-18-28-22-20-29-24(23(22)27)21(26)19-25/h14-15,21-27H,2-13,16-20H2,1H3/b15-14+/t21-,22+,23+,24+/m1/s1. The van der Waals surface area contributed by atoms with Crippen LogP contribution < -0.4 is 0 Å². The number of aliphatic hydroxyl groups excluding tert-OH is 3. The number of allylic oxidation sites excluding steroid dienone is 2. The summed E-state index contributed by atoms with van der Waals surface area (Å²) in [6, 6.07) is 0. The molecule has 172 valence electrons. The Labute approximate surface area is 178 Å². The molecule has 0 saturated carbocycles. The maximum Gasteiger partial charge on any atom is 0.114 e. The van der Waals surface area contributed by atoms with E-state index >= 15 is 0 Å². The van der Waals surface area contributed by atoms with Crippen molar-refractivity contribution < 1.29 is 24.8 Å². The Morgan fingerprint density at radius 1 is 0.897 bits per heavy atom. The molecule has 1 aliphatic heterocycles. The number of ether oxygens (including phenoxy) is 2. The van der Waals surface area contributed by atoms with E-state index in [0.29, 0.717) is 6.61 Å². The highest BCUT2D eigenvalue weighted by molar-refractivity contribution is 4.89. The fourth-order valence-corrected chi connectivity index (χ4v) is 3.80. The molecule has 0 bridgehead atoms. The van der Waals surface area contributed by atoms with Gasteiger partial charge < -0.3 is 24.8 Å². The Morgan fingerprint density at radius 2 is 1.45 bits per heavy atom. The van der Waals surface area contributed by atoms with Crippen LogP contribution in [0.5, 0.6) is 0 Å². The van der Waals surface area contributed by atoms with Crippen molar-refractivity contribution in [2.24, 2.45) is 0 Å². The first-order chi connectivity index (χ1) is 14.2. The predicted molar refractivity (Wildman–Crippen MR) is 118 cm³/mol. The maximum absolute atomic E-state index is 10.1. The lowest BCUT2D eigenvalue weighted by atomic mass is 10.1. The van der Waals surface area contributed by atoms with Gasteiger partial charge in [-0.05, 0) is 25.7 Å². The third-order valence-electron chi connectivity index (χ3n) is 5.72. The quantitative estimate of drug-likeness (QED) is 0.214. The first-order valence-corrected chi connectivity index (χ1v) is 12.1. The molecular weight excluding hydrogens is 368 g/mol. The highest BCUT2D eigenvalue weighted by atomic mass is 16.6. The minimum absolute atomic E-state index is 0.261. The van der Waals surface area contributed by atoms with Gasteiger partial charge in [0.15, 0.2) is 0 Å². The van der Waals surface area contributed by atoms with E-state index < -0.39 is 31.0 Å². The van der Waals surface area contributed by atoms with E-state index in [1.807, 2.05) is 0 Å². The summed E-state index contributed by atoms with van der Waals surface area (Å²) in [6.45, 7) is 2.68. The van der Waals surface area contributed by atoms with E-state index in [9.17, 15) is 10.2 Å². The fraction of sp³-hybridized carbons (Fsp3) is 0.917. The van der Waals surface area contributed by atoms with Gasteiger partial charge in [-0.2, -0.15) is 0 Å². The SMILES string of the molecule is CCCCCCCCCCCCC/C=C/CCCO[C@H]1CO[C@@H]([C@H](O)CO)[C@H]1O. The Balaban J connectivity index is 1.84. The molecule has 1 fully saturated rings. The minimum Gasteiger partial charge on any atom is -0.394 e. The molecule has 0 aliphatic carbocycles. The number of unbranched alkanes of at least 4 members (excludes halogenated alkanes) is 12. The molecule has 1 rings (SSSR count). The van der Waals surface area contributed by atoms with Crippen molar-refractivity contribution in [3.63, 3.8) is 0 Å². The number of rotatable bonds is 19. The van der Waals surface area contributed by atoms with E-state index in [1.165, 1.54) is 70.6 Å². The van der Waals surface area contributed by atoms with Crippen molar-refractivity contribution in [1.82, 2.24) is 0 Å². The zero-order chi connectivity index (χ0) is 21.2. The second-order valence-corrected chi connectivity index (χ2v) is 8.39. The van der Waals surface area contributed by atoms with Gasteiger partial charge in [0.05, 0.1) is 13.2 Å². The van der Waals surface area contributed by atoms with Crippen molar-refractivity contribution >= 4 is 0 Å². The summed E-state index contributed by atoms with van der Waals surface area (Å²) in [7, 11) is 0. The molecule has 5 heteroatoms. The number of aliphatic hydroxyl groups is 3. The molecule has 5 nitrogen and oxygen atoms in total. The first-order valence-electron chi connectivity index (χ1n) is 12.1. The molecule has 0 amide bonds. The van der Waals surface area contributed by atoms with Gasteiger partial charge in [-0.3, -0.25) is 0 Å². The maximum atomic E-state index is 10.1. The van der Waals surface area contributed by atoms with Crippen LogP contribution in [0.1, 0.15) is 96.8 Å². The fourth-order valence-electron chi connectivity index (χ4n) is 3.80. The van der Waals surface area contributed by atoms with Crippen LogP contribution in [0.2, 0.25) is 0 Å². The van der Waals surface area contributed by atoms with Crippen LogP contribution in [0, 0.1) is 0 Å². The summed E-state index contributed by atoms with van der Waals surface area (Å²) in [5, 5.41) is 28.6. The van der Waals surface area contributed by atoms with Gasteiger partial charge in [-0.25, -0.2) is 0 Å². The van der Waals surface area contributed by atoms with Gasteiger partial charge in [0, 0.05) is 6.61 Å². The van der Waals surface area contributed by atoms with Gasteiger partial charge in [0.2, 0.25) is 0 Å². The van der Waals surface area contributed by atoms with Crippen LogP contribution in [0.15, 0.2) is 12.2 Å². The van der Waals surface area contributed by atoms with Crippen LogP contribution in [0.4, 0.5) is 0 Å². The Hall–Kier alpha value is -0.460. The van der Waals surface area contributed by atoms with Gasteiger partial charge in [-0.15, -0.1) is 0 Å². The van der Waals surface area contributed by atoms with Crippen molar-refractivity contribution in [2.75, 3.05) is 19.8 Å². The molecule has 1 heterocycles. The lowest BCUT2D eigenvalue weighted by molar-refractivity contribution is -0.0729. The zero-order valence-electron chi connectivity index (χ0n) is 18.6. The average Bonchev–Trinajstić information content (AvgIpc) is 3.10. The largest absolute Gasteiger partial charge is 0.394 e. The summed E-state index contributed by atoms with van der Waals surface area (Å²) in [6.07, 6.45) is 19.6. The van der Waals surface area contributed by atoms with Crippen LogP contribution in [0.25, 0.3) is 0 Å². The molecule has 0 spiro atoms. The highest BCUT2D eigenvalue weighted by Gasteiger charge is 2.40. The molecule has 1 saturated heterocycles. The third-order valence-corrected chi connectivity index (χ3v) is 5.72. The highest BCUT2D eigenvalue weighted by Crippen LogP contribution is 2.20. The Bertz CT molecular complexity index is 387. The van der Waals surface area contributed by atoms with Crippen LogP contribution in [-0.4, -0.2) is 59.6 Å². The Kier molecular flexibility index (Phi) is 16.8. The molecule has 4 atom stereocenters. The van der Waals surface area contributed by atoms with Crippen LogP contribution >= 0.6 is 0 Å². The summed E-state index contributed by atoms with van der Waals surface area (Å²) >= 11 is 0. The zero-order valence-corrected chi connectivity index (χ0v) is 18.6. The predicted octanol–water partition coefficient (Wildman–Crippen LogP) is 4.52. The van der Waals surface area contributed by atoms with Crippen molar-refractivity contribution in [2.45, 2.75) is 121 Å². The second kappa shape index (κ2) is 18.3. The minimum atomic E-state index is -1.06. The Morgan fingerprint density at radius 3 is 2.03 bits per heavy atom. The summed E-state index contributed by atoms with van der Waals surface area (Å²) in [4.78, 5) is 0. The van der Waals surface area contributed by atoms with Gasteiger partial charge in [-0.1, -0.05) is 83.3 Å². The van der Waals surface area contributed by atoms with Crippen LogP contribution in [-0.2, 0) is 9.47 Å². The van der Waals surface area contributed by atoms with E-state index in [2.05, 4.69) is 19.1 Å². The smallest absolute Gasteiger partial charge is 0.114 e. The van der Waals surface area contributed by atoms with Crippen LogP contribution in [0.3, 0.4) is 0 Å². The van der Waals surface area contributed by atoms with Gasteiger partial charge in [0.1, 0.15) is 24.4 Å². The summed E-state index contributed by atoms with van der Waals surface area (Å²) in [5.41, 5.74) is 0. The van der Waals surface area contributed by atoms with Crippen molar-refractivity contribution in [3.8, 4) is 0 Å². The average molecular weight is 415 g/mol. The third kappa shape index (κ3) is 12.7. The molecule has 3 N–H and O–H groups in total. The van der Waals surface area contributed by atoms with E-state index in [4.69, 9.17) is 14.6 Å². The van der Waals surface area contributed by atoms with E-state index in [0.717, 1.165) is 19.3 Å². The van der Waals surface area contributed by atoms with Gasteiger partial charge >= 0.3 is 0 Å². The normalized spacial score (nSPS) is 23.2. The lowest BCUT2D eigenvalue weighted by Gasteiger charge is -2.20. The summed E-state index contributed by atoms with van der Waals surface area (Å²) in [5.74, 6) is 0. The van der Waals surface area contributed by atoms with Crippen molar-refractivity contribution in [3.05, 3.63) is 12.2 Å².